The fourth-order valence-corrected chi connectivity index (χ4v) is 2.85. The summed E-state index contributed by atoms with van der Waals surface area (Å²) in [5.74, 6) is 1.30. The third-order valence-electron chi connectivity index (χ3n) is 3.62. The van der Waals surface area contributed by atoms with Crippen LogP contribution in [-0.2, 0) is 4.74 Å². The Balaban J connectivity index is 2.27. The summed E-state index contributed by atoms with van der Waals surface area (Å²) >= 11 is 6.31. The van der Waals surface area contributed by atoms with Crippen molar-refractivity contribution in [3.05, 3.63) is 22.7 Å². The molecule has 2 rings (SSSR count). The average molecular weight is 315 g/mol. The fraction of sp³-hybridized carbons (Fsp3) is 0.625. The second-order valence-corrected chi connectivity index (χ2v) is 5.52. The lowest BCUT2D eigenvalue weighted by Crippen LogP contribution is -2.24. The molecule has 1 aliphatic rings. The predicted molar refractivity (Wildman–Crippen MR) is 82.3 cm³/mol. The van der Waals surface area contributed by atoms with Crippen LogP contribution in [0.1, 0.15) is 38.4 Å². The van der Waals surface area contributed by atoms with Crippen molar-refractivity contribution >= 4 is 11.6 Å². The molecule has 0 radical (unpaired) electrons. The molecule has 0 bridgehead atoms. The summed E-state index contributed by atoms with van der Waals surface area (Å²) in [5, 5.41) is 11.1. The van der Waals surface area contributed by atoms with Gasteiger partial charge >= 0.3 is 0 Å². The van der Waals surface area contributed by atoms with Crippen molar-refractivity contribution in [3.63, 3.8) is 0 Å². The van der Waals surface area contributed by atoms with E-state index in [1.807, 2.05) is 13.8 Å². The van der Waals surface area contributed by atoms with Crippen LogP contribution in [0.15, 0.2) is 12.1 Å². The van der Waals surface area contributed by atoms with E-state index in [0.717, 1.165) is 19.4 Å². The lowest BCUT2D eigenvalue weighted by Gasteiger charge is -2.28. The minimum absolute atomic E-state index is 0.0728. The Morgan fingerprint density at radius 2 is 1.95 bits per heavy atom. The van der Waals surface area contributed by atoms with Crippen molar-refractivity contribution < 1.29 is 19.3 Å². The standard InChI is InChI=1S/C16H23ClO4/c1-3-20-14-8-12(13(17)9-15(14)21-4-2)16(18)11-6-5-7-19-10-11/h8-9,11,16,18H,3-7,10H2,1-2H3. The zero-order valence-electron chi connectivity index (χ0n) is 12.6. The molecule has 2 atom stereocenters. The maximum Gasteiger partial charge on any atom is 0.162 e. The number of ether oxygens (including phenoxy) is 3. The molecule has 0 aromatic heterocycles. The van der Waals surface area contributed by atoms with Crippen LogP contribution in [0.5, 0.6) is 11.5 Å². The summed E-state index contributed by atoms with van der Waals surface area (Å²) in [6.45, 7) is 6.22. The number of aliphatic hydroxyl groups excluding tert-OH is 1. The zero-order chi connectivity index (χ0) is 15.2. The highest BCUT2D eigenvalue weighted by Gasteiger charge is 2.26. The van der Waals surface area contributed by atoms with Crippen LogP contribution in [0.4, 0.5) is 0 Å². The molecule has 1 fully saturated rings. The third kappa shape index (κ3) is 4.02. The van der Waals surface area contributed by atoms with Gasteiger partial charge in [0, 0.05) is 24.2 Å². The molecule has 0 saturated carbocycles. The van der Waals surface area contributed by atoms with Gasteiger partial charge < -0.3 is 19.3 Å². The number of rotatable bonds is 6. The van der Waals surface area contributed by atoms with Gasteiger partial charge in [-0.3, -0.25) is 0 Å². The van der Waals surface area contributed by atoms with Gasteiger partial charge in [-0.1, -0.05) is 11.6 Å². The molecule has 1 aliphatic heterocycles. The summed E-state index contributed by atoms with van der Waals surface area (Å²) in [6, 6.07) is 3.51. The molecule has 4 nitrogen and oxygen atoms in total. The lowest BCUT2D eigenvalue weighted by atomic mass is 9.91. The van der Waals surface area contributed by atoms with Gasteiger partial charge in [0.1, 0.15) is 0 Å². The highest BCUT2D eigenvalue weighted by atomic mass is 35.5. The van der Waals surface area contributed by atoms with E-state index < -0.39 is 6.10 Å². The molecule has 2 unspecified atom stereocenters. The number of benzene rings is 1. The van der Waals surface area contributed by atoms with E-state index in [0.29, 0.717) is 41.9 Å². The Bertz CT molecular complexity index is 458. The molecule has 0 amide bonds. The molecular formula is C16H23ClO4. The van der Waals surface area contributed by atoms with Crippen LogP contribution >= 0.6 is 11.6 Å². The van der Waals surface area contributed by atoms with Crippen molar-refractivity contribution in [3.8, 4) is 11.5 Å². The van der Waals surface area contributed by atoms with Gasteiger partial charge in [0.05, 0.1) is 30.9 Å². The first-order valence-corrected chi connectivity index (χ1v) is 7.90. The summed E-state index contributed by atoms with van der Waals surface area (Å²) in [7, 11) is 0. The summed E-state index contributed by atoms with van der Waals surface area (Å²) in [5.41, 5.74) is 0.680. The van der Waals surface area contributed by atoms with Crippen LogP contribution < -0.4 is 9.47 Å². The van der Waals surface area contributed by atoms with Gasteiger partial charge in [-0.2, -0.15) is 0 Å². The summed E-state index contributed by atoms with van der Waals surface area (Å²) in [6.07, 6.45) is 1.26. The van der Waals surface area contributed by atoms with E-state index in [1.165, 1.54) is 0 Å². The molecule has 1 heterocycles. The van der Waals surface area contributed by atoms with Crippen LogP contribution in [0.3, 0.4) is 0 Å². The minimum atomic E-state index is -0.646. The Kier molecular flexibility index (Phi) is 6.15. The normalized spacial score (nSPS) is 20.1. The smallest absolute Gasteiger partial charge is 0.162 e. The van der Waals surface area contributed by atoms with Gasteiger partial charge in [0.15, 0.2) is 11.5 Å². The fourth-order valence-electron chi connectivity index (χ4n) is 2.58. The summed E-state index contributed by atoms with van der Waals surface area (Å²) < 4.78 is 16.6. The first kappa shape index (κ1) is 16.4. The van der Waals surface area contributed by atoms with Crippen molar-refractivity contribution in [2.45, 2.75) is 32.8 Å². The molecule has 0 spiro atoms. The molecule has 1 aromatic rings. The topological polar surface area (TPSA) is 47.9 Å². The van der Waals surface area contributed by atoms with E-state index in [4.69, 9.17) is 25.8 Å². The monoisotopic (exact) mass is 314 g/mol. The molecule has 118 valence electrons. The third-order valence-corrected chi connectivity index (χ3v) is 3.95. The average Bonchev–Trinajstić information content (AvgIpc) is 2.50. The molecule has 1 saturated heterocycles. The van der Waals surface area contributed by atoms with Gasteiger partial charge in [-0.15, -0.1) is 0 Å². The first-order chi connectivity index (χ1) is 10.2. The first-order valence-electron chi connectivity index (χ1n) is 7.52. The Hall–Kier alpha value is -0.970. The number of aliphatic hydroxyl groups is 1. The van der Waals surface area contributed by atoms with Crippen LogP contribution in [0.2, 0.25) is 5.02 Å². The SMILES string of the molecule is CCOc1cc(Cl)c(C(O)C2CCCOC2)cc1OCC. The second-order valence-electron chi connectivity index (χ2n) is 5.11. The number of hydrogen-bond acceptors (Lipinski definition) is 4. The number of hydrogen-bond donors (Lipinski definition) is 1. The van der Waals surface area contributed by atoms with Crippen LogP contribution in [0.25, 0.3) is 0 Å². The van der Waals surface area contributed by atoms with Crippen molar-refractivity contribution in [2.24, 2.45) is 5.92 Å². The van der Waals surface area contributed by atoms with E-state index in [-0.39, 0.29) is 5.92 Å². The highest BCUT2D eigenvalue weighted by Crippen LogP contribution is 2.39. The molecule has 21 heavy (non-hydrogen) atoms. The van der Waals surface area contributed by atoms with E-state index >= 15 is 0 Å². The quantitative estimate of drug-likeness (QED) is 0.871. The number of halogens is 1. The Morgan fingerprint density at radius 3 is 2.52 bits per heavy atom. The maximum atomic E-state index is 10.6. The zero-order valence-corrected chi connectivity index (χ0v) is 13.4. The Labute approximate surface area is 131 Å². The van der Waals surface area contributed by atoms with Gasteiger partial charge in [0.2, 0.25) is 0 Å². The van der Waals surface area contributed by atoms with E-state index in [2.05, 4.69) is 0 Å². The van der Waals surface area contributed by atoms with Crippen LogP contribution in [-0.4, -0.2) is 31.5 Å². The molecule has 1 aromatic carbocycles. The van der Waals surface area contributed by atoms with E-state index in [9.17, 15) is 5.11 Å². The second kappa shape index (κ2) is 7.87. The lowest BCUT2D eigenvalue weighted by molar-refractivity contribution is -0.0100. The van der Waals surface area contributed by atoms with Crippen molar-refractivity contribution in [2.75, 3.05) is 26.4 Å². The Morgan fingerprint density at radius 1 is 1.29 bits per heavy atom. The minimum Gasteiger partial charge on any atom is -0.490 e. The van der Waals surface area contributed by atoms with Crippen molar-refractivity contribution in [1.29, 1.82) is 0 Å². The summed E-state index contributed by atoms with van der Waals surface area (Å²) in [4.78, 5) is 0. The molecule has 1 N–H and O–H groups in total. The molecular weight excluding hydrogens is 292 g/mol. The highest BCUT2D eigenvalue weighted by molar-refractivity contribution is 6.31. The molecule has 5 heteroatoms. The van der Waals surface area contributed by atoms with Gasteiger partial charge in [-0.25, -0.2) is 0 Å². The van der Waals surface area contributed by atoms with Crippen molar-refractivity contribution in [1.82, 2.24) is 0 Å². The van der Waals surface area contributed by atoms with E-state index in [1.54, 1.807) is 12.1 Å². The predicted octanol–water partition coefficient (Wildman–Crippen LogP) is 3.60. The van der Waals surface area contributed by atoms with Crippen LogP contribution in [0, 0.1) is 5.92 Å². The van der Waals surface area contributed by atoms with Gasteiger partial charge in [-0.05, 0) is 32.8 Å². The molecule has 0 aliphatic carbocycles. The largest absolute Gasteiger partial charge is 0.490 e. The van der Waals surface area contributed by atoms with Gasteiger partial charge in [0.25, 0.3) is 0 Å². The maximum absolute atomic E-state index is 10.6.